The Kier molecular flexibility index (Phi) is 6.90. The molecule has 0 bridgehead atoms. The van der Waals surface area contributed by atoms with Crippen molar-refractivity contribution in [2.24, 2.45) is 0 Å². The molecule has 1 aromatic heterocycles. The molecule has 2 fully saturated rings. The zero-order chi connectivity index (χ0) is 20.1. The molecular formula is C19H29N5O3S. The molecule has 3 rings (SSSR count). The summed E-state index contributed by atoms with van der Waals surface area (Å²) in [7, 11) is 0. The van der Waals surface area contributed by atoms with E-state index in [0.29, 0.717) is 38.9 Å². The van der Waals surface area contributed by atoms with Gasteiger partial charge >= 0.3 is 6.03 Å². The van der Waals surface area contributed by atoms with Crippen LogP contribution in [0.25, 0.3) is 0 Å². The molecule has 8 nitrogen and oxygen atoms in total. The number of piperazine rings is 1. The van der Waals surface area contributed by atoms with Crippen LogP contribution in [0.4, 0.5) is 4.79 Å². The molecule has 0 spiro atoms. The summed E-state index contributed by atoms with van der Waals surface area (Å²) in [4.78, 5) is 39.7. The van der Waals surface area contributed by atoms with Crippen molar-refractivity contribution in [3.05, 3.63) is 22.4 Å². The van der Waals surface area contributed by atoms with Gasteiger partial charge in [0, 0.05) is 42.5 Å². The Hall–Kier alpha value is -2.13. The molecule has 1 aromatic rings. The van der Waals surface area contributed by atoms with Crippen molar-refractivity contribution >= 4 is 29.2 Å². The van der Waals surface area contributed by atoms with Gasteiger partial charge in [0.2, 0.25) is 11.8 Å². The molecule has 3 heterocycles. The minimum atomic E-state index is -0.239. The Labute approximate surface area is 169 Å². The number of nitrogens with zero attached hydrogens (tertiary/aromatic N) is 1. The lowest BCUT2D eigenvalue weighted by molar-refractivity contribution is -0.129. The molecular weight excluding hydrogens is 378 g/mol. The third-order valence-electron chi connectivity index (χ3n) is 5.12. The van der Waals surface area contributed by atoms with Crippen molar-refractivity contribution in [3.63, 3.8) is 0 Å². The second-order valence-electron chi connectivity index (χ2n) is 7.71. The average Bonchev–Trinajstić information content (AvgIpc) is 3.28. The van der Waals surface area contributed by atoms with Crippen molar-refractivity contribution in [1.82, 2.24) is 26.2 Å². The second kappa shape index (κ2) is 9.38. The van der Waals surface area contributed by atoms with Gasteiger partial charge in [-0.1, -0.05) is 6.07 Å². The van der Waals surface area contributed by atoms with Gasteiger partial charge in [0.15, 0.2) is 0 Å². The van der Waals surface area contributed by atoms with Crippen molar-refractivity contribution in [3.8, 4) is 0 Å². The van der Waals surface area contributed by atoms with Gasteiger partial charge in [-0.2, -0.15) is 0 Å². The minimum absolute atomic E-state index is 0.00645. The molecule has 2 aliphatic heterocycles. The number of hydrogen-bond donors (Lipinski definition) is 4. The van der Waals surface area contributed by atoms with Gasteiger partial charge in [-0.05, 0) is 38.1 Å². The number of nitrogens with one attached hydrogen (secondary N) is 4. The second-order valence-corrected chi connectivity index (χ2v) is 8.74. The molecule has 28 heavy (non-hydrogen) atoms. The van der Waals surface area contributed by atoms with E-state index in [4.69, 9.17) is 0 Å². The van der Waals surface area contributed by atoms with E-state index in [2.05, 4.69) is 26.2 Å². The first-order valence-electron chi connectivity index (χ1n) is 9.82. The van der Waals surface area contributed by atoms with Crippen LogP contribution in [-0.4, -0.2) is 60.0 Å². The SMILES string of the molecule is CC(C)NC(=O)NC1CC2C(=O)NCC(CCC(=O)NCc3cccs3)N2C1. The van der Waals surface area contributed by atoms with E-state index in [0.717, 1.165) is 4.88 Å². The number of rotatable bonds is 7. The molecule has 0 aromatic carbocycles. The highest BCUT2D eigenvalue weighted by molar-refractivity contribution is 7.09. The first kappa shape index (κ1) is 20.6. The minimum Gasteiger partial charge on any atom is -0.353 e. The summed E-state index contributed by atoms with van der Waals surface area (Å²) in [5.74, 6) is 0.0268. The van der Waals surface area contributed by atoms with Gasteiger partial charge in [-0.15, -0.1) is 11.3 Å². The van der Waals surface area contributed by atoms with E-state index < -0.39 is 0 Å². The van der Waals surface area contributed by atoms with Crippen LogP contribution in [0.1, 0.15) is 38.0 Å². The van der Waals surface area contributed by atoms with Gasteiger partial charge in [-0.3, -0.25) is 14.5 Å². The lowest BCUT2D eigenvalue weighted by Crippen LogP contribution is -2.58. The fourth-order valence-corrected chi connectivity index (χ4v) is 4.47. The molecule has 2 aliphatic rings. The highest BCUT2D eigenvalue weighted by Crippen LogP contribution is 2.25. The molecule has 9 heteroatoms. The predicted molar refractivity (Wildman–Crippen MR) is 108 cm³/mol. The highest BCUT2D eigenvalue weighted by atomic mass is 32.1. The summed E-state index contributed by atoms with van der Waals surface area (Å²) < 4.78 is 0. The molecule has 0 aliphatic carbocycles. The standard InChI is InChI=1S/C19H29N5O3S/c1-12(2)22-19(27)23-13-8-16-18(26)21-9-14(24(16)11-13)5-6-17(25)20-10-15-4-3-7-28-15/h3-4,7,12-14,16H,5-6,8-11H2,1-2H3,(H,20,25)(H,21,26)(H2,22,23,27). The normalized spacial score (nSPS) is 24.5. The molecule has 2 saturated heterocycles. The number of hydrogen-bond acceptors (Lipinski definition) is 5. The van der Waals surface area contributed by atoms with E-state index in [-0.39, 0.29) is 42.0 Å². The van der Waals surface area contributed by atoms with Gasteiger partial charge < -0.3 is 21.3 Å². The lowest BCUT2D eigenvalue weighted by Gasteiger charge is -2.37. The van der Waals surface area contributed by atoms with E-state index in [1.165, 1.54) is 0 Å². The van der Waals surface area contributed by atoms with Crippen molar-refractivity contribution in [2.45, 2.75) is 63.8 Å². The van der Waals surface area contributed by atoms with Crippen LogP contribution in [0.2, 0.25) is 0 Å². The van der Waals surface area contributed by atoms with Crippen LogP contribution in [0, 0.1) is 0 Å². The van der Waals surface area contributed by atoms with Crippen molar-refractivity contribution in [1.29, 1.82) is 0 Å². The molecule has 3 unspecified atom stereocenters. The lowest BCUT2D eigenvalue weighted by atomic mass is 10.0. The van der Waals surface area contributed by atoms with Crippen LogP contribution >= 0.6 is 11.3 Å². The van der Waals surface area contributed by atoms with Gasteiger partial charge in [0.25, 0.3) is 0 Å². The maximum absolute atomic E-state index is 12.2. The van der Waals surface area contributed by atoms with Crippen LogP contribution in [0.3, 0.4) is 0 Å². The van der Waals surface area contributed by atoms with Crippen LogP contribution in [0.5, 0.6) is 0 Å². The number of carbonyl (C=O) groups excluding carboxylic acids is 3. The summed E-state index contributed by atoms with van der Waals surface area (Å²) in [6.07, 6.45) is 1.69. The third kappa shape index (κ3) is 5.45. The summed E-state index contributed by atoms with van der Waals surface area (Å²) in [6.45, 7) is 5.54. The topological polar surface area (TPSA) is 103 Å². The van der Waals surface area contributed by atoms with Gasteiger partial charge in [0.05, 0.1) is 12.6 Å². The third-order valence-corrected chi connectivity index (χ3v) is 6.00. The highest BCUT2D eigenvalue weighted by Gasteiger charge is 2.43. The van der Waals surface area contributed by atoms with E-state index in [9.17, 15) is 14.4 Å². The maximum atomic E-state index is 12.2. The number of amides is 4. The number of fused-ring (bicyclic) bond motifs is 1. The van der Waals surface area contributed by atoms with Gasteiger partial charge in [0.1, 0.15) is 0 Å². The maximum Gasteiger partial charge on any atom is 0.315 e. The molecule has 4 amide bonds. The Balaban J connectivity index is 1.48. The molecule has 4 N–H and O–H groups in total. The quantitative estimate of drug-likeness (QED) is 0.537. The van der Waals surface area contributed by atoms with Crippen LogP contribution in [-0.2, 0) is 16.1 Å². The molecule has 154 valence electrons. The zero-order valence-electron chi connectivity index (χ0n) is 16.4. The largest absolute Gasteiger partial charge is 0.353 e. The Bertz CT molecular complexity index is 694. The van der Waals surface area contributed by atoms with Crippen LogP contribution in [0.15, 0.2) is 17.5 Å². The molecule has 0 radical (unpaired) electrons. The average molecular weight is 408 g/mol. The van der Waals surface area contributed by atoms with Crippen LogP contribution < -0.4 is 21.3 Å². The number of carbonyl (C=O) groups is 3. The van der Waals surface area contributed by atoms with E-state index >= 15 is 0 Å². The Morgan fingerprint density at radius 1 is 1.39 bits per heavy atom. The predicted octanol–water partition coefficient (Wildman–Crippen LogP) is 0.793. The summed E-state index contributed by atoms with van der Waals surface area (Å²) in [6, 6.07) is 3.63. The van der Waals surface area contributed by atoms with Crippen molar-refractivity contribution < 1.29 is 14.4 Å². The summed E-state index contributed by atoms with van der Waals surface area (Å²) in [5.41, 5.74) is 0. The van der Waals surface area contributed by atoms with E-state index in [1.807, 2.05) is 31.4 Å². The molecule has 0 saturated carbocycles. The Morgan fingerprint density at radius 2 is 2.21 bits per heavy atom. The fourth-order valence-electron chi connectivity index (χ4n) is 3.82. The number of urea groups is 1. The van der Waals surface area contributed by atoms with Gasteiger partial charge in [-0.25, -0.2) is 4.79 Å². The smallest absolute Gasteiger partial charge is 0.315 e. The zero-order valence-corrected chi connectivity index (χ0v) is 17.2. The molecule has 3 atom stereocenters. The Morgan fingerprint density at radius 3 is 2.93 bits per heavy atom. The number of thiophene rings is 1. The fraction of sp³-hybridized carbons (Fsp3) is 0.632. The first-order chi connectivity index (χ1) is 13.4. The van der Waals surface area contributed by atoms with E-state index in [1.54, 1.807) is 11.3 Å². The first-order valence-corrected chi connectivity index (χ1v) is 10.7. The summed E-state index contributed by atoms with van der Waals surface area (Å²) >= 11 is 1.62. The van der Waals surface area contributed by atoms with Crippen molar-refractivity contribution in [2.75, 3.05) is 13.1 Å². The monoisotopic (exact) mass is 407 g/mol. The summed E-state index contributed by atoms with van der Waals surface area (Å²) in [5, 5.41) is 13.7.